The lowest BCUT2D eigenvalue weighted by Gasteiger charge is -2.48. The van der Waals surface area contributed by atoms with E-state index >= 15 is 0 Å². The van der Waals surface area contributed by atoms with E-state index in [4.69, 9.17) is 29.2 Å². The average Bonchev–Trinajstić information content (AvgIpc) is 2.59. The Balaban J connectivity index is 2.01. The van der Waals surface area contributed by atoms with Crippen LogP contribution in [-0.2, 0) is 18.9 Å². The molecule has 0 amide bonds. The van der Waals surface area contributed by atoms with E-state index in [2.05, 4.69) is 0 Å². The van der Waals surface area contributed by atoms with E-state index in [-0.39, 0.29) is 25.4 Å². The molecule has 6 nitrogen and oxygen atoms in total. The van der Waals surface area contributed by atoms with Gasteiger partial charge < -0.3 is 29.2 Å². The lowest BCUT2D eigenvalue weighted by atomic mass is 9.62. The standard InChI is InChI=1S/C18H34O6/c1-21-11-15-7-13-9-17(23-5-3-19)18(24-6-4-20)10-14(13)8-16(15)12-22-2/h13-20H,3-12H2,1-2H3/t13-,14+,15-,16-,17-,18-/m1/s1. The molecule has 0 aliphatic heterocycles. The second-order valence-corrected chi connectivity index (χ2v) is 7.16. The Morgan fingerprint density at radius 1 is 0.708 bits per heavy atom. The summed E-state index contributed by atoms with van der Waals surface area (Å²) in [5.41, 5.74) is 0. The zero-order valence-corrected chi connectivity index (χ0v) is 15.1. The number of rotatable bonds is 10. The summed E-state index contributed by atoms with van der Waals surface area (Å²) in [6, 6.07) is 0. The summed E-state index contributed by atoms with van der Waals surface area (Å²) >= 11 is 0. The Morgan fingerprint density at radius 2 is 1.12 bits per heavy atom. The molecular weight excluding hydrogens is 312 g/mol. The quantitative estimate of drug-likeness (QED) is 0.617. The Bertz CT molecular complexity index is 307. The lowest BCUT2D eigenvalue weighted by molar-refractivity contribution is -0.139. The van der Waals surface area contributed by atoms with Gasteiger partial charge in [-0.15, -0.1) is 0 Å². The number of ether oxygens (including phenoxy) is 4. The van der Waals surface area contributed by atoms with Gasteiger partial charge in [-0.1, -0.05) is 0 Å². The molecule has 0 aromatic carbocycles. The highest BCUT2D eigenvalue weighted by molar-refractivity contribution is 4.94. The van der Waals surface area contributed by atoms with Gasteiger partial charge in [0.1, 0.15) is 0 Å². The molecule has 2 N–H and O–H groups in total. The first-order valence-electron chi connectivity index (χ1n) is 9.16. The van der Waals surface area contributed by atoms with E-state index in [0.717, 1.165) is 38.9 Å². The summed E-state index contributed by atoms with van der Waals surface area (Å²) in [5.74, 6) is 2.28. The minimum atomic E-state index is 0.00659. The van der Waals surface area contributed by atoms with Gasteiger partial charge in [0.2, 0.25) is 0 Å². The van der Waals surface area contributed by atoms with Crippen LogP contribution >= 0.6 is 0 Å². The van der Waals surface area contributed by atoms with Crippen molar-refractivity contribution in [3.8, 4) is 0 Å². The third-order valence-electron chi connectivity index (χ3n) is 5.64. The second-order valence-electron chi connectivity index (χ2n) is 7.16. The summed E-state index contributed by atoms with van der Waals surface area (Å²) in [4.78, 5) is 0. The van der Waals surface area contributed by atoms with Crippen LogP contribution in [0.3, 0.4) is 0 Å². The van der Waals surface area contributed by atoms with Crippen LogP contribution in [0.15, 0.2) is 0 Å². The first-order chi connectivity index (χ1) is 11.7. The summed E-state index contributed by atoms with van der Waals surface area (Å²) in [6.45, 7) is 2.30. The molecule has 0 radical (unpaired) electrons. The van der Waals surface area contributed by atoms with Gasteiger partial charge in [0.05, 0.1) is 38.6 Å². The molecule has 0 bridgehead atoms. The molecule has 0 saturated heterocycles. The molecule has 2 aliphatic carbocycles. The Hall–Kier alpha value is -0.240. The van der Waals surface area contributed by atoms with E-state index in [0.29, 0.717) is 36.9 Å². The minimum Gasteiger partial charge on any atom is -0.394 e. The van der Waals surface area contributed by atoms with Crippen molar-refractivity contribution in [2.45, 2.75) is 37.9 Å². The van der Waals surface area contributed by atoms with Gasteiger partial charge in [-0.05, 0) is 49.4 Å². The fourth-order valence-electron chi connectivity index (χ4n) is 4.62. The molecule has 6 heteroatoms. The molecule has 142 valence electrons. The van der Waals surface area contributed by atoms with Crippen molar-refractivity contribution < 1.29 is 29.2 Å². The maximum atomic E-state index is 9.06. The molecule has 2 rings (SSSR count). The molecular formula is C18H34O6. The van der Waals surface area contributed by atoms with Crippen molar-refractivity contribution >= 4 is 0 Å². The zero-order valence-electron chi connectivity index (χ0n) is 15.1. The van der Waals surface area contributed by atoms with Crippen LogP contribution < -0.4 is 0 Å². The highest BCUT2D eigenvalue weighted by Gasteiger charge is 2.44. The number of hydrogen-bond acceptors (Lipinski definition) is 6. The predicted molar refractivity (Wildman–Crippen MR) is 89.8 cm³/mol. The van der Waals surface area contributed by atoms with Crippen LogP contribution in [0.25, 0.3) is 0 Å². The summed E-state index contributed by atoms with van der Waals surface area (Å²) in [6.07, 6.45) is 4.21. The van der Waals surface area contributed by atoms with Gasteiger partial charge in [-0.2, -0.15) is 0 Å². The minimum absolute atomic E-state index is 0.00659. The zero-order chi connectivity index (χ0) is 17.4. The summed E-state index contributed by atoms with van der Waals surface area (Å²) in [7, 11) is 3.53. The molecule has 24 heavy (non-hydrogen) atoms. The van der Waals surface area contributed by atoms with Crippen molar-refractivity contribution in [3.05, 3.63) is 0 Å². The maximum Gasteiger partial charge on any atom is 0.0840 e. The third kappa shape index (κ3) is 5.38. The first kappa shape index (κ1) is 20.1. The van der Waals surface area contributed by atoms with Gasteiger partial charge >= 0.3 is 0 Å². The van der Waals surface area contributed by atoms with Crippen molar-refractivity contribution in [3.63, 3.8) is 0 Å². The van der Waals surface area contributed by atoms with Gasteiger partial charge in [0.15, 0.2) is 0 Å². The average molecular weight is 346 g/mol. The predicted octanol–water partition coefficient (Wildman–Crippen LogP) is 1.09. The van der Waals surface area contributed by atoms with Crippen molar-refractivity contribution in [1.29, 1.82) is 0 Å². The van der Waals surface area contributed by atoms with E-state index in [1.54, 1.807) is 14.2 Å². The number of aliphatic hydroxyl groups is 2. The molecule has 2 saturated carbocycles. The van der Waals surface area contributed by atoms with E-state index in [1.807, 2.05) is 0 Å². The summed E-state index contributed by atoms with van der Waals surface area (Å²) in [5, 5.41) is 18.1. The van der Waals surface area contributed by atoms with E-state index in [1.165, 1.54) is 0 Å². The van der Waals surface area contributed by atoms with Gasteiger partial charge in [0, 0.05) is 27.4 Å². The first-order valence-corrected chi connectivity index (χ1v) is 9.16. The molecule has 0 unspecified atom stereocenters. The largest absolute Gasteiger partial charge is 0.394 e. The molecule has 0 spiro atoms. The maximum absolute atomic E-state index is 9.06. The summed E-state index contributed by atoms with van der Waals surface area (Å²) < 4.78 is 22.6. The van der Waals surface area contributed by atoms with Gasteiger partial charge in [0.25, 0.3) is 0 Å². The highest BCUT2D eigenvalue weighted by atomic mass is 16.5. The molecule has 0 aromatic heterocycles. The van der Waals surface area contributed by atoms with E-state index < -0.39 is 0 Å². The smallest absolute Gasteiger partial charge is 0.0840 e. The second kappa shape index (κ2) is 10.7. The third-order valence-corrected chi connectivity index (χ3v) is 5.64. The van der Waals surface area contributed by atoms with Crippen LogP contribution in [-0.4, -0.2) is 76.3 Å². The van der Waals surface area contributed by atoms with Crippen molar-refractivity contribution in [2.75, 3.05) is 53.9 Å². The van der Waals surface area contributed by atoms with Crippen LogP contribution in [0, 0.1) is 23.7 Å². The van der Waals surface area contributed by atoms with Crippen LogP contribution in [0.2, 0.25) is 0 Å². The molecule has 6 atom stereocenters. The van der Waals surface area contributed by atoms with E-state index in [9.17, 15) is 0 Å². The van der Waals surface area contributed by atoms with Crippen LogP contribution in [0.4, 0.5) is 0 Å². The van der Waals surface area contributed by atoms with Crippen LogP contribution in [0.1, 0.15) is 25.7 Å². The normalized spacial score (nSPS) is 36.5. The fourth-order valence-corrected chi connectivity index (χ4v) is 4.62. The number of aliphatic hydroxyl groups excluding tert-OH is 2. The SMILES string of the molecule is COC[C@H]1C[C@@H]2C[C@@H](OCCO)[C@H](OCCO)C[C@@H]2C[C@@H]1COC. The fraction of sp³-hybridized carbons (Fsp3) is 1.00. The molecule has 2 aliphatic rings. The van der Waals surface area contributed by atoms with Crippen LogP contribution in [0.5, 0.6) is 0 Å². The Morgan fingerprint density at radius 3 is 1.46 bits per heavy atom. The molecule has 2 fully saturated rings. The number of methoxy groups -OCH3 is 2. The molecule has 0 aromatic rings. The monoisotopic (exact) mass is 346 g/mol. The Labute approximate surface area is 145 Å². The van der Waals surface area contributed by atoms with Crippen molar-refractivity contribution in [1.82, 2.24) is 0 Å². The Kier molecular flexibility index (Phi) is 8.94. The van der Waals surface area contributed by atoms with Gasteiger partial charge in [-0.25, -0.2) is 0 Å². The topological polar surface area (TPSA) is 77.4 Å². The number of fused-ring (bicyclic) bond motifs is 1. The number of hydrogen-bond donors (Lipinski definition) is 2. The lowest BCUT2D eigenvalue weighted by Crippen LogP contribution is -2.47. The highest BCUT2D eigenvalue weighted by Crippen LogP contribution is 2.46. The van der Waals surface area contributed by atoms with Crippen molar-refractivity contribution in [2.24, 2.45) is 23.7 Å². The van der Waals surface area contributed by atoms with Gasteiger partial charge in [-0.3, -0.25) is 0 Å². The molecule has 0 heterocycles.